The van der Waals surface area contributed by atoms with Crippen LogP contribution in [0.3, 0.4) is 0 Å². The molecule has 0 aliphatic heterocycles. The number of aliphatic carboxylic acids is 1. The first-order chi connectivity index (χ1) is 9.72. The maximum atomic E-state index is 10.4. The molecule has 0 atom stereocenters. The predicted octanol–water partition coefficient (Wildman–Crippen LogP) is 4.69. The Labute approximate surface area is 127 Å². The van der Waals surface area contributed by atoms with Gasteiger partial charge < -0.3 is 5.11 Å². The highest BCUT2D eigenvalue weighted by atomic mass is 16.4. The zero-order valence-corrected chi connectivity index (χ0v) is 13.3. The van der Waals surface area contributed by atoms with E-state index in [0.29, 0.717) is 0 Å². The Morgan fingerprint density at radius 2 is 1.67 bits per heavy atom. The molecule has 2 heteroatoms. The lowest BCUT2D eigenvalue weighted by atomic mass is 9.63. The van der Waals surface area contributed by atoms with Gasteiger partial charge in [0.1, 0.15) is 0 Å². The summed E-state index contributed by atoms with van der Waals surface area (Å²) in [6, 6.07) is 6.60. The summed E-state index contributed by atoms with van der Waals surface area (Å²) in [6.07, 6.45) is 8.83. The van der Waals surface area contributed by atoms with Gasteiger partial charge in [-0.05, 0) is 40.4 Å². The Hall–Kier alpha value is -1.83. The van der Waals surface area contributed by atoms with Crippen LogP contribution in [0.15, 0.2) is 36.4 Å². The second-order valence-corrected chi connectivity index (χ2v) is 7.13. The topological polar surface area (TPSA) is 37.3 Å². The number of rotatable bonds is 3. The van der Waals surface area contributed by atoms with Crippen LogP contribution in [-0.2, 0) is 15.6 Å². The van der Waals surface area contributed by atoms with E-state index < -0.39 is 5.97 Å². The van der Waals surface area contributed by atoms with Gasteiger partial charge in [-0.1, -0.05) is 64.1 Å². The third kappa shape index (κ3) is 3.44. The third-order valence-corrected chi connectivity index (χ3v) is 4.52. The molecule has 0 radical (unpaired) electrons. The van der Waals surface area contributed by atoms with Crippen molar-refractivity contribution in [2.24, 2.45) is 0 Å². The fourth-order valence-electron chi connectivity index (χ4n) is 3.01. The highest BCUT2D eigenvalue weighted by Crippen LogP contribution is 2.45. The molecule has 1 aliphatic carbocycles. The molecule has 21 heavy (non-hydrogen) atoms. The van der Waals surface area contributed by atoms with Crippen molar-refractivity contribution in [2.75, 3.05) is 0 Å². The van der Waals surface area contributed by atoms with Gasteiger partial charge in [-0.2, -0.15) is 0 Å². The fraction of sp³-hybridized carbons (Fsp3) is 0.421. The summed E-state index contributed by atoms with van der Waals surface area (Å²) in [5, 5.41) is 8.57. The largest absolute Gasteiger partial charge is 0.478 e. The van der Waals surface area contributed by atoms with Crippen LogP contribution in [0, 0.1) is 0 Å². The molecule has 1 aromatic rings. The number of carbonyl (C=O) groups is 1. The Bertz CT molecular complexity index is 604. The summed E-state index contributed by atoms with van der Waals surface area (Å²) in [7, 11) is 0. The normalized spacial score (nSPS) is 19.8. The summed E-state index contributed by atoms with van der Waals surface area (Å²) >= 11 is 0. The van der Waals surface area contributed by atoms with E-state index in [2.05, 4.69) is 45.9 Å². The molecule has 1 aliphatic rings. The van der Waals surface area contributed by atoms with Gasteiger partial charge in [-0.25, -0.2) is 4.79 Å². The maximum Gasteiger partial charge on any atom is 0.328 e. The van der Waals surface area contributed by atoms with Crippen molar-refractivity contribution in [3.05, 3.63) is 53.1 Å². The Balaban J connectivity index is 2.35. The van der Waals surface area contributed by atoms with Crippen LogP contribution in [0.4, 0.5) is 0 Å². The average molecular weight is 284 g/mol. The van der Waals surface area contributed by atoms with Gasteiger partial charge in [-0.3, -0.25) is 0 Å². The van der Waals surface area contributed by atoms with Gasteiger partial charge in [-0.15, -0.1) is 0 Å². The average Bonchev–Trinajstić information content (AvgIpc) is 2.40. The summed E-state index contributed by atoms with van der Waals surface area (Å²) in [5.74, 6) is -0.923. The van der Waals surface area contributed by atoms with Crippen molar-refractivity contribution in [2.45, 2.75) is 51.4 Å². The summed E-state index contributed by atoms with van der Waals surface area (Å²) in [6.45, 7) is 9.23. The van der Waals surface area contributed by atoms with E-state index in [4.69, 9.17) is 5.11 Å². The number of fused-ring (bicyclic) bond motifs is 1. The zero-order valence-electron chi connectivity index (χ0n) is 13.3. The van der Waals surface area contributed by atoms with Gasteiger partial charge >= 0.3 is 5.97 Å². The Morgan fingerprint density at radius 3 is 2.29 bits per heavy atom. The Kier molecular flexibility index (Phi) is 4.08. The van der Waals surface area contributed by atoms with E-state index in [1.807, 2.05) is 6.08 Å². The fourth-order valence-corrected chi connectivity index (χ4v) is 3.01. The van der Waals surface area contributed by atoms with Crippen molar-refractivity contribution in [3.63, 3.8) is 0 Å². The molecular weight excluding hydrogens is 260 g/mol. The monoisotopic (exact) mass is 284 g/mol. The van der Waals surface area contributed by atoms with Crippen LogP contribution in [-0.4, -0.2) is 11.1 Å². The minimum Gasteiger partial charge on any atom is -0.478 e. The van der Waals surface area contributed by atoms with Crippen LogP contribution in [0.1, 0.15) is 57.2 Å². The quantitative estimate of drug-likeness (QED) is 0.646. The molecule has 0 aromatic heterocycles. The van der Waals surface area contributed by atoms with E-state index in [9.17, 15) is 4.79 Å². The molecule has 1 N–H and O–H groups in total. The molecular formula is C19H24O2. The number of allylic oxidation sites excluding steroid dienone is 2. The van der Waals surface area contributed by atoms with E-state index in [1.165, 1.54) is 24.0 Å². The predicted molar refractivity (Wildman–Crippen MR) is 87.5 cm³/mol. The van der Waals surface area contributed by atoms with Gasteiger partial charge in [0.2, 0.25) is 0 Å². The minimum absolute atomic E-state index is 0.200. The van der Waals surface area contributed by atoms with E-state index in [0.717, 1.165) is 11.6 Å². The first-order valence-electron chi connectivity index (χ1n) is 7.45. The van der Waals surface area contributed by atoms with Crippen LogP contribution in [0.5, 0.6) is 0 Å². The van der Waals surface area contributed by atoms with Crippen LogP contribution in [0.25, 0.3) is 6.08 Å². The SMILES string of the molecule is CC1(C)CCC(C)(C)c2cc(/C=C/C=C/C(=O)O)ccc21. The smallest absolute Gasteiger partial charge is 0.328 e. The van der Waals surface area contributed by atoms with Crippen molar-refractivity contribution in [1.82, 2.24) is 0 Å². The van der Waals surface area contributed by atoms with Crippen molar-refractivity contribution in [1.29, 1.82) is 0 Å². The van der Waals surface area contributed by atoms with E-state index in [1.54, 1.807) is 12.2 Å². The first-order valence-corrected chi connectivity index (χ1v) is 7.45. The standard InChI is InChI=1S/C19H24O2/c1-18(2)11-12-19(3,4)16-13-14(9-10-15(16)18)7-5-6-8-17(20)21/h5-10,13H,11-12H2,1-4H3,(H,20,21)/b7-5+,8-6+. The highest BCUT2D eigenvalue weighted by molar-refractivity contribution is 5.80. The van der Waals surface area contributed by atoms with Crippen LogP contribution < -0.4 is 0 Å². The second-order valence-electron chi connectivity index (χ2n) is 7.13. The number of carboxylic acids is 1. The van der Waals surface area contributed by atoms with Gasteiger partial charge in [0, 0.05) is 6.08 Å². The molecule has 0 saturated carbocycles. The van der Waals surface area contributed by atoms with Gasteiger partial charge in [0.25, 0.3) is 0 Å². The molecule has 0 saturated heterocycles. The summed E-state index contributed by atoms with van der Waals surface area (Å²) in [4.78, 5) is 10.4. The first kappa shape index (κ1) is 15.6. The molecule has 0 fully saturated rings. The molecule has 0 bridgehead atoms. The molecule has 0 unspecified atom stereocenters. The van der Waals surface area contributed by atoms with Crippen molar-refractivity contribution < 1.29 is 9.90 Å². The third-order valence-electron chi connectivity index (χ3n) is 4.52. The van der Waals surface area contributed by atoms with Gasteiger partial charge in [0.15, 0.2) is 0 Å². The number of hydrogen-bond donors (Lipinski definition) is 1. The molecule has 1 aromatic carbocycles. The molecule has 0 amide bonds. The zero-order chi connectivity index (χ0) is 15.7. The van der Waals surface area contributed by atoms with Crippen molar-refractivity contribution in [3.8, 4) is 0 Å². The molecule has 0 spiro atoms. The number of benzene rings is 1. The van der Waals surface area contributed by atoms with Crippen LogP contribution in [0.2, 0.25) is 0 Å². The molecule has 112 valence electrons. The number of carboxylic acid groups (broad SMARTS) is 1. The minimum atomic E-state index is -0.923. The molecule has 0 heterocycles. The lowest BCUT2D eigenvalue weighted by Crippen LogP contribution is -2.33. The van der Waals surface area contributed by atoms with Gasteiger partial charge in [0.05, 0.1) is 0 Å². The lowest BCUT2D eigenvalue weighted by Gasteiger charge is -2.42. The highest BCUT2D eigenvalue weighted by Gasteiger charge is 2.36. The summed E-state index contributed by atoms with van der Waals surface area (Å²) in [5.41, 5.74) is 4.41. The van der Waals surface area contributed by atoms with E-state index in [-0.39, 0.29) is 10.8 Å². The molecule has 2 nitrogen and oxygen atoms in total. The Morgan fingerprint density at radius 1 is 1.05 bits per heavy atom. The lowest BCUT2D eigenvalue weighted by molar-refractivity contribution is -0.131. The maximum absolute atomic E-state index is 10.4. The molecule has 2 rings (SSSR count). The van der Waals surface area contributed by atoms with Crippen LogP contribution >= 0.6 is 0 Å². The summed E-state index contributed by atoms with van der Waals surface area (Å²) < 4.78 is 0. The number of hydrogen-bond acceptors (Lipinski definition) is 1. The van der Waals surface area contributed by atoms with Crippen molar-refractivity contribution >= 4 is 12.0 Å². The van der Waals surface area contributed by atoms with E-state index >= 15 is 0 Å². The second kappa shape index (κ2) is 5.51.